The molecule has 5 rings (SSSR count). The molecule has 0 saturated carbocycles. The molecule has 2 aromatic heterocycles. The van der Waals surface area contributed by atoms with Crippen LogP contribution in [0, 0.1) is 13.8 Å². The molecule has 150 valence electrons. The Morgan fingerprint density at radius 3 is 2.76 bits per heavy atom. The average Bonchev–Trinajstić information content (AvgIpc) is 3.29. The molecule has 2 aliphatic rings. The Morgan fingerprint density at radius 1 is 1.03 bits per heavy atom. The molecule has 0 saturated heterocycles. The van der Waals surface area contributed by atoms with E-state index in [0.29, 0.717) is 0 Å². The number of aromatic nitrogens is 2. The minimum Gasteiger partial charge on any atom is -0.344 e. The number of hydrogen-bond acceptors (Lipinski definition) is 2. The van der Waals surface area contributed by atoms with Crippen molar-refractivity contribution in [3.8, 4) is 0 Å². The Bertz CT molecular complexity index is 1090. The predicted octanol–water partition coefficient (Wildman–Crippen LogP) is 5.67. The Labute approximate surface area is 174 Å². The van der Waals surface area contributed by atoms with Crippen molar-refractivity contribution < 1.29 is 0 Å². The third kappa shape index (κ3) is 3.42. The van der Waals surface area contributed by atoms with Crippen LogP contribution in [0.15, 0.2) is 42.1 Å². The smallest absolute Gasteiger partial charge is 0.0486 e. The minimum atomic E-state index is 1.07. The summed E-state index contributed by atoms with van der Waals surface area (Å²) in [5, 5.41) is 1.47. The highest BCUT2D eigenvalue weighted by Crippen LogP contribution is 2.37. The molecule has 0 atom stereocenters. The first-order chi connectivity index (χ1) is 14.1. The Hall–Kier alpha value is -2.39. The molecule has 0 unspecified atom stereocenters. The zero-order valence-corrected chi connectivity index (χ0v) is 18.0. The van der Waals surface area contributed by atoms with E-state index in [4.69, 9.17) is 0 Å². The van der Waals surface area contributed by atoms with Gasteiger partial charge in [-0.15, -0.1) is 0 Å². The number of allylic oxidation sites excluding steroid dienone is 2. The largest absolute Gasteiger partial charge is 0.344 e. The van der Waals surface area contributed by atoms with Crippen molar-refractivity contribution in [2.75, 3.05) is 13.6 Å². The summed E-state index contributed by atoms with van der Waals surface area (Å²) in [5.41, 5.74) is 11.5. The highest BCUT2D eigenvalue weighted by atomic mass is 15.1. The van der Waals surface area contributed by atoms with Gasteiger partial charge in [-0.25, -0.2) is 0 Å². The number of pyridine rings is 1. The van der Waals surface area contributed by atoms with Crippen molar-refractivity contribution in [3.63, 3.8) is 0 Å². The molecule has 3 aromatic rings. The molecule has 1 aromatic carbocycles. The van der Waals surface area contributed by atoms with Crippen molar-refractivity contribution >= 4 is 16.5 Å². The van der Waals surface area contributed by atoms with E-state index in [1.165, 1.54) is 41.3 Å². The van der Waals surface area contributed by atoms with Crippen LogP contribution in [0.1, 0.15) is 53.8 Å². The fraction of sp³-hybridized carbons (Fsp3) is 0.423. The van der Waals surface area contributed by atoms with Gasteiger partial charge in [0.1, 0.15) is 0 Å². The third-order valence-corrected chi connectivity index (χ3v) is 6.83. The normalized spacial score (nSPS) is 17.3. The molecular formula is C26H31N3. The maximum Gasteiger partial charge on any atom is 0.0486 e. The number of rotatable bonds is 4. The molecule has 0 radical (unpaired) electrons. The number of likely N-dealkylation sites (N-methyl/N-ethyl adjacent to an activating group) is 1. The molecule has 3 heteroatoms. The van der Waals surface area contributed by atoms with Crippen molar-refractivity contribution in [2.45, 2.75) is 59.0 Å². The maximum atomic E-state index is 4.54. The second-order valence-electron chi connectivity index (χ2n) is 8.96. The average molecular weight is 386 g/mol. The summed E-state index contributed by atoms with van der Waals surface area (Å²) < 4.78 is 2.63. The Kier molecular flexibility index (Phi) is 4.79. The second-order valence-corrected chi connectivity index (χ2v) is 8.96. The number of aryl methyl sites for hydroxylation is 3. The van der Waals surface area contributed by atoms with E-state index in [0.717, 1.165) is 38.2 Å². The lowest BCUT2D eigenvalue weighted by molar-refractivity contribution is 0.309. The van der Waals surface area contributed by atoms with E-state index in [-0.39, 0.29) is 0 Å². The summed E-state index contributed by atoms with van der Waals surface area (Å²) in [7, 11) is 2.24. The lowest BCUT2D eigenvalue weighted by Crippen LogP contribution is -2.27. The van der Waals surface area contributed by atoms with Gasteiger partial charge in [0.15, 0.2) is 0 Å². The Morgan fingerprint density at radius 2 is 1.93 bits per heavy atom. The predicted molar refractivity (Wildman–Crippen MR) is 121 cm³/mol. The van der Waals surface area contributed by atoms with Gasteiger partial charge in [0, 0.05) is 54.5 Å². The van der Waals surface area contributed by atoms with Crippen LogP contribution in [0.25, 0.3) is 16.5 Å². The van der Waals surface area contributed by atoms with E-state index in [9.17, 15) is 0 Å². The van der Waals surface area contributed by atoms with Crippen molar-refractivity contribution in [1.82, 2.24) is 14.5 Å². The van der Waals surface area contributed by atoms with Gasteiger partial charge < -0.3 is 9.47 Å². The summed E-state index contributed by atoms with van der Waals surface area (Å²) in [6, 6.07) is 11.4. The Balaban J connectivity index is 1.49. The van der Waals surface area contributed by atoms with Gasteiger partial charge >= 0.3 is 0 Å². The van der Waals surface area contributed by atoms with Crippen LogP contribution in [-0.4, -0.2) is 28.0 Å². The number of nitrogens with zero attached hydrogens (tertiary/aromatic N) is 3. The second kappa shape index (κ2) is 7.46. The molecule has 3 heterocycles. The summed E-state index contributed by atoms with van der Waals surface area (Å²) in [6.45, 7) is 7.60. The molecule has 0 amide bonds. The van der Waals surface area contributed by atoms with Crippen LogP contribution >= 0.6 is 0 Å². The standard InChI is InChI=1S/C26H31N3/c1-18-7-10-25-23(15-18)24-17-28(3)13-12-26(24)29(25)14-11-20-5-4-6-22(20)21-9-8-19(2)27-16-21/h7-10,15-16H,4-6,11-14,17H2,1-3H3. The maximum absolute atomic E-state index is 4.54. The van der Waals surface area contributed by atoms with Gasteiger partial charge in [-0.2, -0.15) is 0 Å². The van der Waals surface area contributed by atoms with Gasteiger partial charge in [0.2, 0.25) is 0 Å². The van der Waals surface area contributed by atoms with Crippen LogP contribution in [0.4, 0.5) is 0 Å². The zero-order chi connectivity index (χ0) is 20.0. The fourth-order valence-corrected chi connectivity index (χ4v) is 5.28. The SMILES string of the molecule is Cc1ccc2c(c1)c1c(n2CCC2=C(c3ccc(C)nc3)CCC2)CCN(C)C1. The van der Waals surface area contributed by atoms with Crippen LogP contribution < -0.4 is 0 Å². The van der Waals surface area contributed by atoms with Gasteiger partial charge in [-0.1, -0.05) is 23.3 Å². The van der Waals surface area contributed by atoms with Gasteiger partial charge in [0.25, 0.3) is 0 Å². The number of hydrogen-bond donors (Lipinski definition) is 0. The van der Waals surface area contributed by atoms with Crippen LogP contribution in [0.5, 0.6) is 0 Å². The number of fused-ring (bicyclic) bond motifs is 3. The van der Waals surface area contributed by atoms with E-state index in [1.807, 2.05) is 0 Å². The van der Waals surface area contributed by atoms with E-state index in [2.05, 4.69) is 71.9 Å². The van der Waals surface area contributed by atoms with Crippen LogP contribution in [0.2, 0.25) is 0 Å². The molecule has 0 spiro atoms. The molecule has 3 nitrogen and oxygen atoms in total. The summed E-state index contributed by atoms with van der Waals surface area (Å²) >= 11 is 0. The molecular weight excluding hydrogens is 354 g/mol. The van der Waals surface area contributed by atoms with Crippen LogP contribution in [0.3, 0.4) is 0 Å². The number of benzene rings is 1. The first-order valence-corrected chi connectivity index (χ1v) is 11.0. The van der Waals surface area contributed by atoms with Crippen molar-refractivity contribution in [2.24, 2.45) is 0 Å². The van der Waals surface area contributed by atoms with Crippen molar-refractivity contribution in [1.29, 1.82) is 0 Å². The molecule has 0 bridgehead atoms. The van der Waals surface area contributed by atoms with Gasteiger partial charge in [-0.05, 0) is 81.5 Å². The summed E-state index contributed by atoms with van der Waals surface area (Å²) in [5.74, 6) is 0. The van der Waals surface area contributed by atoms with E-state index >= 15 is 0 Å². The molecule has 0 N–H and O–H groups in total. The van der Waals surface area contributed by atoms with E-state index < -0.39 is 0 Å². The zero-order valence-electron chi connectivity index (χ0n) is 18.0. The van der Waals surface area contributed by atoms with Crippen LogP contribution in [-0.2, 0) is 19.5 Å². The molecule has 29 heavy (non-hydrogen) atoms. The first kappa shape index (κ1) is 18.6. The monoisotopic (exact) mass is 385 g/mol. The highest BCUT2D eigenvalue weighted by molar-refractivity contribution is 5.86. The summed E-state index contributed by atoms with van der Waals surface area (Å²) in [4.78, 5) is 6.99. The van der Waals surface area contributed by atoms with Gasteiger partial charge in [0.05, 0.1) is 0 Å². The molecule has 1 aliphatic heterocycles. The quantitative estimate of drug-likeness (QED) is 0.577. The fourth-order valence-electron chi connectivity index (χ4n) is 5.28. The van der Waals surface area contributed by atoms with Gasteiger partial charge in [-0.3, -0.25) is 4.98 Å². The first-order valence-electron chi connectivity index (χ1n) is 11.0. The van der Waals surface area contributed by atoms with E-state index in [1.54, 1.807) is 22.4 Å². The third-order valence-electron chi connectivity index (χ3n) is 6.83. The molecule has 1 aliphatic carbocycles. The molecule has 0 fully saturated rings. The minimum absolute atomic E-state index is 1.07. The highest BCUT2D eigenvalue weighted by Gasteiger charge is 2.23. The lowest BCUT2D eigenvalue weighted by atomic mass is 10.0. The summed E-state index contributed by atoms with van der Waals surface area (Å²) in [6.07, 6.45) is 8.12. The lowest BCUT2D eigenvalue weighted by Gasteiger charge is -2.24. The van der Waals surface area contributed by atoms with Crippen molar-refractivity contribution in [3.05, 3.63) is 70.2 Å². The topological polar surface area (TPSA) is 21.1 Å².